The highest BCUT2D eigenvalue weighted by Crippen LogP contribution is 2.13. The van der Waals surface area contributed by atoms with E-state index in [9.17, 15) is 8.42 Å². The standard InChI is InChI=1S/C8H14N2O5S/c9-3-7-1-2-8(15-7)16(13,14)10-6(4-11)5-12/h1-2,6,10-12H,3-5,9H2. The Bertz CT molecular complexity index is 423. The molecule has 5 N–H and O–H groups in total. The van der Waals surface area contributed by atoms with Crippen molar-refractivity contribution in [1.29, 1.82) is 0 Å². The molecular weight excluding hydrogens is 236 g/mol. The fourth-order valence-electron chi connectivity index (χ4n) is 1.02. The molecule has 0 radical (unpaired) electrons. The van der Waals surface area contributed by atoms with Gasteiger partial charge in [-0.25, -0.2) is 13.1 Å². The van der Waals surface area contributed by atoms with Crippen LogP contribution in [0, 0.1) is 0 Å². The largest absolute Gasteiger partial charge is 0.447 e. The molecule has 1 aromatic heterocycles. The molecular formula is C8H14N2O5S. The third-order valence-corrected chi connectivity index (χ3v) is 3.26. The monoisotopic (exact) mass is 250 g/mol. The zero-order valence-corrected chi connectivity index (χ0v) is 9.27. The number of hydrogen-bond acceptors (Lipinski definition) is 6. The molecule has 92 valence electrons. The minimum atomic E-state index is -3.87. The van der Waals surface area contributed by atoms with E-state index in [1.54, 1.807) is 0 Å². The summed E-state index contributed by atoms with van der Waals surface area (Å²) in [5.41, 5.74) is 5.27. The minimum Gasteiger partial charge on any atom is -0.447 e. The zero-order chi connectivity index (χ0) is 12.2. The molecule has 8 heteroatoms. The Kier molecular flexibility index (Phi) is 4.44. The fourth-order valence-corrected chi connectivity index (χ4v) is 2.19. The summed E-state index contributed by atoms with van der Waals surface area (Å²) in [5.74, 6) is 0.338. The van der Waals surface area contributed by atoms with Gasteiger partial charge < -0.3 is 20.4 Å². The highest BCUT2D eigenvalue weighted by molar-refractivity contribution is 7.89. The predicted octanol–water partition coefficient (Wildman–Crippen LogP) is -1.63. The number of nitrogens with two attached hydrogens (primary N) is 1. The maximum atomic E-state index is 11.6. The molecule has 0 fully saturated rings. The second kappa shape index (κ2) is 5.41. The molecule has 0 saturated carbocycles. The van der Waals surface area contributed by atoms with Crippen LogP contribution in [0.1, 0.15) is 5.76 Å². The van der Waals surface area contributed by atoms with E-state index in [0.717, 1.165) is 0 Å². The Balaban J connectivity index is 2.85. The van der Waals surface area contributed by atoms with E-state index >= 15 is 0 Å². The Hall–Kier alpha value is -0.930. The summed E-state index contributed by atoms with van der Waals surface area (Å²) in [6.45, 7) is -0.903. The number of sulfonamides is 1. The van der Waals surface area contributed by atoms with Crippen molar-refractivity contribution in [2.24, 2.45) is 5.73 Å². The first kappa shape index (κ1) is 13.1. The second-order valence-corrected chi connectivity index (χ2v) is 4.75. The third-order valence-electron chi connectivity index (χ3n) is 1.87. The van der Waals surface area contributed by atoms with Gasteiger partial charge in [-0.05, 0) is 12.1 Å². The van der Waals surface area contributed by atoms with E-state index in [4.69, 9.17) is 20.4 Å². The van der Waals surface area contributed by atoms with Crippen LogP contribution in [0.5, 0.6) is 0 Å². The van der Waals surface area contributed by atoms with Crippen molar-refractivity contribution in [1.82, 2.24) is 4.72 Å². The maximum Gasteiger partial charge on any atom is 0.274 e. The van der Waals surface area contributed by atoms with Crippen molar-refractivity contribution < 1.29 is 23.0 Å². The van der Waals surface area contributed by atoms with Crippen LogP contribution in [0.4, 0.5) is 0 Å². The summed E-state index contributed by atoms with van der Waals surface area (Å²) in [6.07, 6.45) is 0. The van der Waals surface area contributed by atoms with Crippen LogP contribution in [0.3, 0.4) is 0 Å². The molecule has 0 aliphatic carbocycles. The smallest absolute Gasteiger partial charge is 0.274 e. The van der Waals surface area contributed by atoms with E-state index in [0.29, 0.717) is 5.76 Å². The fraction of sp³-hybridized carbons (Fsp3) is 0.500. The molecule has 1 aromatic rings. The van der Waals surface area contributed by atoms with E-state index < -0.39 is 29.3 Å². The van der Waals surface area contributed by atoms with Crippen LogP contribution in [0.2, 0.25) is 0 Å². The van der Waals surface area contributed by atoms with Crippen molar-refractivity contribution in [3.63, 3.8) is 0 Å². The van der Waals surface area contributed by atoms with Crippen molar-refractivity contribution >= 4 is 10.0 Å². The van der Waals surface area contributed by atoms with E-state index in [-0.39, 0.29) is 11.6 Å². The summed E-state index contributed by atoms with van der Waals surface area (Å²) in [4.78, 5) is 0. The summed E-state index contributed by atoms with van der Waals surface area (Å²) in [7, 11) is -3.87. The van der Waals surface area contributed by atoms with Gasteiger partial charge in [-0.2, -0.15) is 0 Å². The lowest BCUT2D eigenvalue weighted by Gasteiger charge is -2.11. The highest BCUT2D eigenvalue weighted by Gasteiger charge is 2.22. The van der Waals surface area contributed by atoms with Gasteiger partial charge in [0.2, 0.25) is 5.09 Å². The molecule has 0 bridgehead atoms. The average Bonchev–Trinajstić information content (AvgIpc) is 2.75. The lowest BCUT2D eigenvalue weighted by atomic mass is 10.4. The Morgan fingerprint density at radius 2 is 2.00 bits per heavy atom. The van der Waals surface area contributed by atoms with Gasteiger partial charge in [0.25, 0.3) is 10.0 Å². The number of nitrogens with one attached hydrogen (secondary N) is 1. The Morgan fingerprint density at radius 3 is 2.44 bits per heavy atom. The van der Waals surface area contributed by atoms with Crippen LogP contribution in [-0.2, 0) is 16.6 Å². The SMILES string of the molecule is NCc1ccc(S(=O)(=O)NC(CO)CO)o1. The number of aliphatic hydroxyl groups excluding tert-OH is 2. The maximum absolute atomic E-state index is 11.6. The summed E-state index contributed by atoms with van der Waals surface area (Å²) in [5, 5.41) is 17.2. The molecule has 1 heterocycles. The second-order valence-electron chi connectivity index (χ2n) is 3.11. The highest BCUT2D eigenvalue weighted by atomic mass is 32.2. The third kappa shape index (κ3) is 3.03. The van der Waals surface area contributed by atoms with Gasteiger partial charge in [0.1, 0.15) is 5.76 Å². The predicted molar refractivity (Wildman–Crippen MR) is 54.9 cm³/mol. The number of rotatable bonds is 6. The minimum absolute atomic E-state index is 0.0962. The molecule has 0 amide bonds. The van der Waals surface area contributed by atoms with Gasteiger partial charge in [-0.15, -0.1) is 0 Å². The molecule has 7 nitrogen and oxygen atoms in total. The van der Waals surface area contributed by atoms with Crippen molar-refractivity contribution in [3.05, 3.63) is 17.9 Å². The Morgan fingerprint density at radius 1 is 1.38 bits per heavy atom. The topological polar surface area (TPSA) is 126 Å². The Labute approximate surface area is 92.9 Å². The van der Waals surface area contributed by atoms with Crippen LogP contribution >= 0.6 is 0 Å². The lowest BCUT2D eigenvalue weighted by molar-refractivity contribution is 0.184. The number of furan rings is 1. The quantitative estimate of drug-likeness (QED) is 0.480. The van der Waals surface area contributed by atoms with Crippen LogP contribution in [-0.4, -0.2) is 37.9 Å². The molecule has 0 saturated heterocycles. The molecule has 0 aromatic carbocycles. The van der Waals surface area contributed by atoms with Crippen molar-refractivity contribution in [3.8, 4) is 0 Å². The summed E-state index contributed by atoms with van der Waals surface area (Å²) in [6, 6.07) is 1.76. The van der Waals surface area contributed by atoms with E-state index in [1.807, 2.05) is 0 Å². The van der Waals surface area contributed by atoms with Crippen molar-refractivity contribution in [2.75, 3.05) is 13.2 Å². The zero-order valence-electron chi connectivity index (χ0n) is 8.46. The first-order valence-electron chi connectivity index (χ1n) is 4.56. The van der Waals surface area contributed by atoms with Crippen LogP contribution in [0.25, 0.3) is 0 Å². The van der Waals surface area contributed by atoms with Crippen molar-refractivity contribution in [2.45, 2.75) is 17.7 Å². The number of aliphatic hydroxyl groups is 2. The van der Waals surface area contributed by atoms with Gasteiger partial charge in [0, 0.05) is 0 Å². The number of hydrogen-bond donors (Lipinski definition) is 4. The van der Waals surface area contributed by atoms with E-state index in [1.165, 1.54) is 12.1 Å². The van der Waals surface area contributed by atoms with Gasteiger partial charge in [-0.3, -0.25) is 0 Å². The lowest BCUT2D eigenvalue weighted by Crippen LogP contribution is -2.39. The van der Waals surface area contributed by atoms with Gasteiger partial charge in [0.15, 0.2) is 0 Å². The van der Waals surface area contributed by atoms with Gasteiger partial charge in [0.05, 0.1) is 25.8 Å². The summed E-state index contributed by atoms with van der Waals surface area (Å²) >= 11 is 0. The molecule has 0 unspecified atom stereocenters. The van der Waals surface area contributed by atoms with Gasteiger partial charge >= 0.3 is 0 Å². The van der Waals surface area contributed by atoms with Crippen LogP contribution < -0.4 is 10.5 Å². The molecule has 1 rings (SSSR count). The summed E-state index contributed by atoms with van der Waals surface area (Å²) < 4.78 is 30.3. The van der Waals surface area contributed by atoms with Crippen LogP contribution in [0.15, 0.2) is 21.6 Å². The molecule has 0 atom stereocenters. The molecule has 0 spiro atoms. The van der Waals surface area contributed by atoms with E-state index in [2.05, 4.69) is 4.72 Å². The molecule has 0 aliphatic heterocycles. The first-order chi connectivity index (χ1) is 7.53. The normalized spacial score (nSPS) is 12.2. The first-order valence-corrected chi connectivity index (χ1v) is 6.04. The van der Waals surface area contributed by atoms with Gasteiger partial charge in [-0.1, -0.05) is 0 Å². The molecule has 0 aliphatic rings. The average molecular weight is 250 g/mol. The molecule has 16 heavy (non-hydrogen) atoms.